The Bertz CT molecular complexity index is 516. The van der Waals surface area contributed by atoms with E-state index < -0.39 is 17.8 Å². The lowest BCUT2D eigenvalue weighted by atomic mass is 10.1. The summed E-state index contributed by atoms with van der Waals surface area (Å²) in [6, 6.07) is 3.45. The first kappa shape index (κ1) is 12.5. The van der Waals surface area contributed by atoms with Crippen LogP contribution in [0.4, 0.5) is 8.78 Å². The lowest BCUT2D eigenvalue weighted by Gasteiger charge is -2.24. The number of nitrogens with zero attached hydrogens (tertiary/aromatic N) is 1. The molecule has 3 rings (SSSR count). The number of benzene rings is 1. The first-order valence-electron chi connectivity index (χ1n) is 6.65. The summed E-state index contributed by atoms with van der Waals surface area (Å²) in [5.41, 5.74) is 0.345. The number of carbonyl (C=O) groups excluding carboxylic acids is 1. The van der Waals surface area contributed by atoms with Gasteiger partial charge < -0.3 is 4.90 Å². The third kappa shape index (κ3) is 2.12. The second kappa shape index (κ2) is 4.56. The molecule has 0 bridgehead atoms. The van der Waals surface area contributed by atoms with E-state index in [1.54, 1.807) is 4.90 Å². The zero-order valence-electron chi connectivity index (χ0n) is 10.7. The summed E-state index contributed by atoms with van der Waals surface area (Å²) in [5, 5.41) is 3.15. The van der Waals surface area contributed by atoms with Gasteiger partial charge >= 0.3 is 0 Å². The van der Waals surface area contributed by atoms with Crippen molar-refractivity contribution in [2.24, 2.45) is 0 Å². The first-order valence-corrected chi connectivity index (χ1v) is 6.65. The number of hydrogen-bond acceptors (Lipinski definition) is 2. The van der Waals surface area contributed by atoms with Crippen molar-refractivity contribution in [2.75, 3.05) is 0 Å². The Hall–Kier alpha value is -1.49. The molecule has 1 aromatic rings. The minimum absolute atomic E-state index is 0.0266. The van der Waals surface area contributed by atoms with Crippen LogP contribution >= 0.6 is 0 Å². The van der Waals surface area contributed by atoms with Gasteiger partial charge in [0.1, 0.15) is 17.8 Å². The lowest BCUT2D eigenvalue weighted by Crippen LogP contribution is -2.33. The Kier molecular flexibility index (Phi) is 3.01. The van der Waals surface area contributed by atoms with Gasteiger partial charge in [0, 0.05) is 17.7 Å². The van der Waals surface area contributed by atoms with E-state index in [9.17, 15) is 13.6 Å². The maximum absolute atomic E-state index is 13.9. The third-order valence-corrected chi connectivity index (χ3v) is 3.80. The number of hydrogen-bond donors (Lipinski definition) is 1. The second-order valence-electron chi connectivity index (χ2n) is 5.17. The van der Waals surface area contributed by atoms with Crippen molar-refractivity contribution in [1.29, 1.82) is 0 Å². The van der Waals surface area contributed by atoms with E-state index in [4.69, 9.17) is 0 Å². The zero-order chi connectivity index (χ0) is 13.6. The maximum Gasteiger partial charge on any atom is 0.241 e. The van der Waals surface area contributed by atoms with Gasteiger partial charge in [0.15, 0.2) is 0 Å². The third-order valence-electron chi connectivity index (χ3n) is 3.80. The molecule has 0 spiro atoms. The van der Waals surface area contributed by atoms with Gasteiger partial charge in [0.05, 0.1) is 6.04 Å². The summed E-state index contributed by atoms with van der Waals surface area (Å²) in [4.78, 5) is 14.0. The van der Waals surface area contributed by atoms with Crippen LogP contribution in [0.15, 0.2) is 18.2 Å². The van der Waals surface area contributed by atoms with Crippen LogP contribution in [0.2, 0.25) is 0 Å². The normalized spacial score (nSPS) is 27.1. The fraction of sp³-hybridized carbons (Fsp3) is 0.500. The van der Waals surface area contributed by atoms with E-state index in [1.807, 2.05) is 6.92 Å². The average molecular weight is 266 g/mol. The molecule has 0 aromatic heterocycles. The molecule has 1 aliphatic heterocycles. The highest BCUT2D eigenvalue weighted by molar-refractivity contribution is 5.85. The molecule has 5 heteroatoms. The predicted molar refractivity (Wildman–Crippen MR) is 66.2 cm³/mol. The van der Waals surface area contributed by atoms with Gasteiger partial charge in [0.25, 0.3) is 0 Å². The van der Waals surface area contributed by atoms with E-state index in [2.05, 4.69) is 5.32 Å². The van der Waals surface area contributed by atoms with Crippen molar-refractivity contribution in [3.05, 3.63) is 35.4 Å². The van der Waals surface area contributed by atoms with Gasteiger partial charge in [-0.05, 0) is 31.4 Å². The summed E-state index contributed by atoms with van der Waals surface area (Å²) < 4.78 is 26.9. The highest BCUT2D eigenvalue weighted by Crippen LogP contribution is 2.38. The Morgan fingerprint density at radius 3 is 2.68 bits per heavy atom. The van der Waals surface area contributed by atoms with Crippen LogP contribution in [0.3, 0.4) is 0 Å². The molecule has 1 aromatic carbocycles. The largest absolute Gasteiger partial charge is 0.318 e. The quantitative estimate of drug-likeness (QED) is 0.910. The number of amides is 1. The van der Waals surface area contributed by atoms with Crippen molar-refractivity contribution in [3.63, 3.8) is 0 Å². The maximum atomic E-state index is 13.9. The Balaban J connectivity index is 1.95. The predicted octanol–water partition coefficient (Wildman–Crippen LogP) is 2.34. The minimum Gasteiger partial charge on any atom is -0.318 e. The molecule has 2 unspecified atom stereocenters. The van der Waals surface area contributed by atoms with Crippen molar-refractivity contribution in [2.45, 2.75) is 44.4 Å². The highest BCUT2D eigenvalue weighted by atomic mass is 19.1. The van der Waals surface area contributed by atoms with Crippen LogP contribution in [-0.2, 0) is 4.79 Å². The Labute approximate surface area is 110 Å². The van der Waals surface area contributed by atoms with Crippen LogP contribution in [-0.4, -0.2) is 22.9 Å². The lowest BCUT2D eigenvalue weighted by molar-refractivity contribution is -0.130. The van der Waals surface area contributed by atoms with Crippen molar-refractivity contribution in [3.8, 4) is 0 Å². The molecule has 2 atom stereocenters. The number of nitrogens with one attached hydrogen (secondary N) is 1. The molecule has 2 fully saturated rings. The highest BCUT2D eigenvalue weighted by Gasteiger charge is 2.46. The first-order chi connectivity index (χ1) is 9.11. The van der Waals surface area contributed by atoms with Gasteiger partial charge in [0.2, 0.25) is 5.91 Å². The van der Waals surface area contributed by atoms with Crippen LogP contribution in [0, 0.1) is 11.6 Å². The van der Waals surface area contributed by atoms with E-state index >= 15 is 0 Å². The summed E-state index contributed by atoms with van der Waals surface area (Å²) in [7, 11) is 0. The molecule has 3 nitrogen and oxygen atoms in total. The zero-order valence-corrected chi connectivity index (χ0v) is 10.7. The standard InChI is InChI=1S/C14H16F2N2O/c1-2-12-14(19)18(9-4-5-9)13(17-12)10-6-3-8(15)7-11(10)16/h3,6-7,9,12-13,17H,2,4-5H2,1H3. The summed E-state index contributed by atoms with van der Waals surface area (Å²) in [6.07, 6.45) is 2.12. The second-order valence-corrected chi connectivity index (χ2v) is 5.17. The van der Waals surface area contributed by atoms with E-state index in [0.717, 1.165) is 18.9 Å². The summed E-state index contributed by atoms with van der Waals surface area (Å²) in [5.74, 6) is -1.18. The molecule has 19 heavy (non-hydrogen) atoms. The fourth-order valence-electron chi connectivity index (χ4n) is 2.65. The Morgan fingerprint density at radius 2 is 2.11 bits per heavy atom. The topological polar surface area (TPSA) is 32.3 Å². The molecule has 1 N–H and O–H groups in total. The molecule has 1 saturated carbocycles. The molecular formula is C14H16F2N2O. The molecular weight excluding hydrogens is 250 g/mol. The number of carbonyl (C=O) groups is 1. The van der Waals surface area contributed by atoms with Gasteiger partial charge in [-0.2, -0.15) is 0 Å². The summed E-state index contributed by atoms with van der Waals surface area (Å²) in [6.45, 7) is 1.92. The monoisotopic (exact) mass is 266 g/mol. The van der Waals surface area contributed by atoms with Crippen LogP contribution in [0.25, 0.3) is 0 Å². The van der Waals surface area contributed by atoms with E-state index in [1.165, 1.54) is 12.1 Å². The van der Waals surface area contributed by atoms with Crippen molar-refractivity contribution in [1.82, 2.24) is 10.2 Å². The molecule has 1 saturated heterocycles. The Morgan fingerprint density at radius 1 is 1.37 bits per heavy atom. The van der Waals surface area contributed by atoms with Gasteiger partial charge in [-0.15, -0.1) is 0 Å². The minimum atomic E-state index is -0.604. The average Bonchev–Trinajstić information content (AvgIpc) is 3.14. The fourth-order valence-corrected chi connectivity index (χ4v) is 2.65. The van der Waals surface area contributed by atoms with E-state index in [-0.39, 0.29) is 18.0 Å². The van der Waals surface area contributed by atoms with Crippen molar-refractivity contribution < 1.29 is 13.6 Å². The molecule has 0 radical (unpaired) electrons. The smallest absolute Gasteiger partial charge is 0.241 e. The molecule has 1 amide bonds. The van der Waals surface area contributed by atoms with Gasteiger partial charge in [-0.25, -0.2) is 8.78 Å². The molecule has 102 valence electrons. The van der Waals surface area contributed by atoms with Gasteiger partial charge in [-0.1, -0.05) is 6.92 Å². The van der Waals surface area contributed by atoms with Crippen molar-refractivity contribution >= 4 is 5.91 Å². The number of rotatable bonds is 3. The number of halogens is 2. The van der Waals surface area contributed by atoms with Crippen LogP contribution in [0.1, 0.15) is 37.9 Å². The molecule has 2 aliphatic rings. The molecule has 1 heterocycles. The summed E-state index contributed by atoms with van der Waals surface area (Å²) >= 11 is 0. The van der Waals surface area contributed by atoms with Crippen LogP contribution in [0.5, 0.6) is 0 Å². The van der Waals surface area contributed by atoms with Gasteiger partial charge in [-0.3, -0.25) is 10.1 Å². The van der Waals surface area contributed by atoms with Crippen LogP contribution < -0.4 is 5.32 Å². The SMILES string of the molecule is CCC1NC(c2ccc(F)cc2F)N(C2CC2)C1=O. The van der Waals surface area contributed by atoms with E-state index in [0.29, 0.717) is 12.0 Å². The molecule has 1 aliphatic carbocycles.